The minimum Gasteiger partial charge on any atom is -0.356 e. The molecule has 1 aromatic carbocycles. The number of benzene rings is 1. The van der Waals surface area contributed by atoms with Crippen LogP contribution in [0.4, 0.5) is 0 Å². The molecule has 1 aliphatic rings. The first kappa shape index (κ1) is 22.8. The highest BCUT2D eigenvalue weighted by molar-refractivity contribution is 14.0. The van der Waals surface area contributed by atoms with Crippen molar-refractivity contribution in [2.75, 3.05) is 20.1 Å². The van der Waals surface area contributed by atoms with Crippen LogP contribution >= 0.6 is 35.7 Å². The number of guanidine groups is 1. The van der Waals surface area contributed by atoms with Crippen molar-refractivity contribution in [3.8, 4) is 0 Å². The van der Waals surface area contributed by atoms with Crippen LogP contribution in [0.5, 0.6) is 0 Å². The molecule has 1 fully saturated rings. The average molecular weight is 512 g/mol. The van der Waals surface area contributed by atoms with Crippen LogP contribution in [0.25, 0.3) is 0 Å². The standard InChI is InChI=1S/C21H28N4OS.HI/c1-22-20(23-14-6-8-16-25-15-7-5-11-19(25)26)24-17-21(12-13-21)27-18-9-3-2-4-10-18;/h2-5,7,9-11,15H,6,8,12-14,16-17H2,1H3,(H2,22,23,24);1H. The van der Waals surface area contributed by atoms with E-state index in [9.17, 15) is 4.79 Å². The number of nitrogens with zero attached hydrogens (tertiary/aromatic N) is 2. The SMILES string of the molecule is CN=C(NCCCCn1ccccc1=O)NCC1(Sc2ccccc2)CC1.I. The zero-order chi connectivity index (χ0) is 19.0. The number of hydrogen-bond acceptors (Lipinski definition) is 3. The summed E-state index contributed by atoms with van der Waals surface area (Å²) in [5.41, 5.74) is 0.0635. The van der Waals surface area contributed by atoms with Gasteiger partial charge in [-0.05, 0) is 43.9 Å². The molecule has 152 valence electrons. The summed E-state index contributed by atoms with van der Waals surface area (Å²) in [6.45, 7) is 2.52. The lowest BCUT2D eigenvalue weighted by Gasteiger charge is -2.18. The highest BCUT2D eigenvalue weighted by Gasteiger charge is 2.43. The van der Waals surface area contributed by atoms with Crippen molar-refractivity contribution in [2.45, 2.75) is 41.9 Å². The van der Waals surface area contributed by atoms with Gasteiger partial charge in [0.1, 0.15) is 0 Å². The van der Waals surface area contributed by atoms with Gasteiger partial charge in [-0.25, -0.2) is 0 Å². The van der Waals surface area contributed by atoms with Gasteiger partial charge in [-0.1, -0.05) is 24.3 Å². The van der Waals surface area contributed by atoms with E-state index in [1.54, 1.807) is 16.7 Å². The third-order valence-electron chi connectivity index (χ3n) is 4.70. The fourth-order valence-corrected chi connectivity index (χ4v) is 4.16. The predicted molar refractivity (Wildman–Crippen MR) is 129 cm³/mol. The number of aliphatic imine (C=N–C) groups is 1. The molecular formula is C21H29IN4OS. The minimum absolute atomic E-state index is 0. The van der Waals surface area contributed by atoms with E-state index in [2.05, 4.69) is 46.0 Å². The molecule has 28 heavy (non-hydrogen) atoms. The summed E-state index contributed by atoms with van der Waals surface area (Å²) < 4.78 is 2.05. The summed E-state index contributed by atoms with van der Waals surface area (Å²) in [5.74, 6) is 0.854. The van der Waals surface area contributed by atoms with Crippen molar-refractivity contribution < 1.29 is 0 Å². The molecule has 0 amide bonds. The van der Waals surface area contributed by atoms with Crippen LogP contribution < -0.4 is 16.2 Å². The van der Waals surface area contributed by atoms with E-state index in [1.807, 2.05) is 31.1 Å². The summed E-state index contributed by atoms with van der Waals surface area (Å²) >= 11 is 1.96. The number of hydrogen-bond donors (Lipinski definition) is 2. The van der Waals surface area contributed by atoms with Crippen molar-refractivity contribution in [2.24, 2.45) is 4.99 Å². The summed E-state index contributed by atoms with van der Waals surface area (Å²) in [6.07, 6.45) is 6.27. The van der Waals surface area contributed by atoms with Crippen molar-refractivity contribution in [1.29, 1.82) is 0 Å². The Morgan fingerprint density at radius 1 is 1.11 bits per heavy atom. The van der Waals surface area contributed by atoms with E-state index in [0.29, 0.717) is 4.75 Å². The molecular weight excluding hydrogens is 483 g/mol. The minimum atomic E-state index is 0. The first-order valence-electron chi connectivity index (χ1n) is 9.55. The second-order valence-electron chi connectivity index (χ2n) is 6.89. The van der Waals surface area contributed by atoms with Crippen molar-refractivity contribution in [3.05, 3.63) is 65.1 Å². The summed E-state index contributed by atoms with van der Waals surface area (Å²) in [7, 11) is 1.81. The number of aryl methyl sites for hydroxylation is 1. The van der Waals surface area contributed by atoms with Gasteiger partial charge in [-0.2, -0.15) is 0 Å². The molecule has 5 nitrogen and oxygen atoms in total. The predicted octanol–water partition coefficient (Wildman–Crippen LogP) is 3.74. The first-order valence-corrected chi connectivity index (χ1v) is 10.4. The lowest BCUT2D eigenvalue weighted by atomic mass is 10.3. The topological polar surface area (TPSA) is 58.4 Å². The smallest absolute Gasteiger partial charge is 0.250 e. The van der Waals surface area contributed by atoms with Crippen molar-refractivity contribution in [3.63, 3.8) is 0 Å². The lowest BCUT2D eigenvalue weighted by Crippen LogP contribution is -2.41. The van der Waals surface area contributed by atoms with E-state index in [1.165, 1.54) is 17.7 Å². The number of unbranched alkanes of at least 4 members (excludes halogenated alkanes) is 1. The Kier molecular flexibility index (Phi) is 9.37. The lowest BCUT2D eigenvalue weighted by molar-refractivity contribution is 0.585. The molecule has 0 spiro atoms. The van der Waals surface area contributed by atoms with Crippen LogP contribution in [0.1, 0.15) is 25.7 Å². The Hall–Kier alpha value is -1.48. The number of aromatic nitrogens is 1. The van der Waals surface area contributed by atoms with Gasteiger partial charge in [-0.3, -0.25) is 9.79 Å². The normalized spacial score (nSPS) is 14.8. The molecule has 0 radical (unpaired) electrons. The van der Waals surface area contributed by atoms with Gasteiger partial charge in [0, 0.05) is 48.6 Å². The van der Waals surface area contributed by atoms with Gasteiger partial charge in [0.05, 0.1) is 0 Å². The molecule has 3 rings (SSSR count). The van der Waals surface area contributed by atoms with E-state index in [0.717, 1.165) is 38.4 Å². The maximum Gasteiger partial charge on any atom is 0.250 e. The van der Waals surface area contributed by atoms with Crippen LogP contribution in [0, 0.1) is 0 Å². The van der Waals surface area contributed by atoms with Gasteiger partial charge >= 0.3 is 0 Å². The molecule has 7 heteroatoms. The monoisotopic (exact) mass is 512 g/mol. The summed E-state index contributed by atoms with van der Waals surface area (Å²) in [4.78, 5) is 17.3. The maximum atomic E-state index is 11.7. The van der Waals surface area contributed by atoms with Crippen LogP contribution in [-0.2, 0) is 6.54 Å². The fourth-order valence-electron chi connectivity index (χ4n) is 2.92. The largest absolute Gasteiger partial charge is 0.356 e. The second kappa shape index (κ2) is 11.5. The summed E-state index contributed by atoms with van der Waals surface area (Å²) in [6, 6.07) is 15.9. The highest BCUT2D eigenvalue weighted by Crippen LogP contribution is 2.51. The molecule has 2 N–H and O–H groups in total. The Morgan fingerprint density at radius 3 is 2.54 bits per heavy atom. The molecule has 1 aliphatic carbocycles. The fraction of sp³-hybridized carbons (Fsp3) is 0.429. The molecule has 0 atom stereocenters. The maximum absolute atomic E-state index is 11.7. The van der Waals surface area contributed by atoms with Crippen LogP contribution in [0.3, 0.4) is 0 Å². The molecule has 0 aliphatic heterocycles. The van der Waals surface area contributed by atoms with Crippen molar-refractivity contribution in [1.82, 2.24) is 15.2 Å². The molecule has 2 aromatic rings. The number of nitrogens with one attached hydrogen (secondary N) is 2. The van der Waals surface area contributed by atoms with Gasteiger partial charge in [0.15, 0.2) is 5.96 Å². The molecule has 0 bridgehead atoms. The molecule has 1 heterocycles. The number of halogens is 1. The molecule has 0 unspecified atom stereocenters. The van der Waals surface area contributed by atoms with Gasteiger partial charge in [0.2, 0.25) is 5.56 Å². The highest BCUT2D eigenvalue weighted by atomic mass is 127. The Bertz CT molecular complexity index is 805. The van der Waals surface area contributed by atoms with Gasteiger partial charge in [0.25, 0.3) is 0 Å². The Labute approximate surface area is 188 Å². The third kappa shape index (κ3) is 7.16. The Balaban J connectivity index is 0.00000280. The van der Waals surface area contributed by atoms with E-state index in [-0.39, 0.29) is 29.5 Å². The van der Waals surface area contributed by atoms with Crippen LogP contribution in [0.15, 0.2) is 69.4 Å². The quantitative estimate of drug-likeness (QED) is 0.233. The average Bonchev–Trinajstić information content (AvgIpc) is 3.45. The first-order chi connectivity index (χ1) is 13.2. The molecule has 1 saturated carbocycles. The Morgan fingerprint density at radius 2 is 1.86 bits per heavy atom. The van der Waals surface area contributed by atoms with Crippen LogP contribution in [0.2, 0.25) is 0 Å². The molecule has 0 saturated heterocycles. The summed E-state index contributed by atoms with van der Waals surface area (Å²) in [5, 5.41) is 6.85. The number of rotatable bonds is 9. The number of thioether (sulfide) groups is 1. The van der Waals surface area contributed by atoms with Gasteiger partial charge in [-0.15, -0.1) is 35.7 Å². The van der Waals surface area contributed by atoms with E-state index < -0.39 is 0 Å². The van der Waals surface area contributed by atoms with Gasteiger partial charge < -0.3 is 15.2 Å². The number of pyridine rings is 1. The van der Waals surface area contributed by atoms with Crippen LogP contribution in [-0.4, -0.2) is 35.4 Å². The van der Waals surface area contributed by atoms with E-state index >= 15 is 0 Å². The third-order valence-corrected chi connectivity index (χ3v) is 6.20. The van der Waals surface area contributed by atoms with E-state index in [4.69, 9.17) is 0 Å². The van der Waals surface area contributed by atoms with Crippen molar-refractivity contribution >= 4 is 41.7 Å². The second-order valence-corrected chi connectivity index (χ2v) is 8.43. The zero-order valence-electron chi connectivity index (χ0n) is 16.3. The zero-order valence-corrected chi connectivity index (χ0v) is 19.4. The molecule has 1 aromatic heterocycles.